The van der Waals surface area contributed by atoms with Gasteiger partial charge in [0.15, 0.2) is 0 Å². The van der Waals surface area contributed by atoms with Crippen molar-refractivity contribution in [3.63, 3.8) is 0 Å². The highest BCUT2D eigenvalue weighted by molar-refractivity contribution is 5.61. The lowest BCUT2D eigenvalue weighted by molar-refractivity contribution is 1.33. The molecular weight excluding hydrogens is 204 g/mol. The predicted molar refractivity (Wildman–Crippen MR) is 72.9 cm³/mol. The molecule has 0 saturated heterocycles. The van der Waals surface area contributed by atoms with Crippen LogP contribution in [-0.2, 0) is 0 Å². The van der Waals surface area contributed by atoms with E-state index in [1.54, 1.807) is 0 Å². The van der Waals surface area contributed by atoms with Gasteiger partial charge in [0.2, 0.25) is 0 Å². The predicted octanol–water partition coefficient (Wildman–Crippen LogP) is 2.61. The van der Waals surface area contributed by atoms with Crippen molar-refractivity contribution in [1.82, 2.24) is 0 Å². The van der Waals surface area contributed by atoms with E-state index in [1.807, 2.05) is 0 Å². The molecule has 0 unspecified atom stereocenters. The third kappa shape index (κ3) is 1.44. The van der Waals surface area contributed by atoms with E-state index < -0.39 is 0 Å². The average molecular weight is 220 g/mol. The van der Waals surface area contributed by atoms with Crippen molar-refractivity contribution in [2.75, 3.05) is 0 Å². The fourth-order valence-electron chi connectivity index (χ4n) is 2.71. The topological polar surface area (TPSA) is 0 Å². The molecule has 0 amide bonds. The summed E-state index contributed by atoms with van der Waals surface area (Å²) in [5, 5.41) is 5.47. The van der Waals surface area contributed by atoms with Crippen LogP contribution in [0.4, 0.5) is 0 Å². The second-order valence-corrected chi connectivity index (χ2v) is 4.93. The Morgan fingerprint density at radius 1 is 0.882 bits per heavy atom. The lowest BCUT2D eigenvalue weighted by Crippen LogP contribution is -2.09. The van der Waals surface area contributed by atoms with Crippen molar-refractivity contribution in [3.05, 3.63) is 68.4 Å². The summed E-state index contributed by atoms with van der Waals surface area (Å²) in [6.07, 6.45) is 2.31. The Bertz CT molecular complexity index is 804. The minimum absolute atomic E-state index is 1.34. The van der Waals surface area contributed by atoms with Gasteiger partial charge in [-0.25, -0.2) is 0 Å². The minimum Gasteiger partial charge on any atom is -0.0689 e. The molecule has 0 heterocycles. The maximum absolute atomic E-state index is 2.31. The molecule has 0 aliphatic heterocycles. The summed E-state index contributed by atoms with van der Waals surface area (Å²) in [4.78, 5) is 0. The number of hydrogen-bond acceptors (Lipinski definition) is 0. The van der Waals surface area contributed by atoms with Gasteiger partial charge in [0.1, 0.15) is 0 Å². The normalized spacial score (nSPS) is 11.7. The van der Waals surface area contributed by atoms with Gasteiger partial charge >= 0.3 is 0 Å². The summed E-state index contributed by atoms with van der Waals surface area (Å²) in [6.45, 7) is 6.58. The highest BCUT2D eigenvalue weighted by Gasteiger charge is 2.05. The van der Waals surface area contributed by atoms with Crippen molar-refractivity contribution in [1.29, 1.82) is 0 Å². The first-order chi connectivity index (χ1) is 8.18. The van der Waals surface area contributed by atoms with E-state index in [-0.39, 0.29) is 0 Å². The molecule has 3 rings (SSSR count). The van der Waals surface area contributed by atoms with Gasteiger partial charge in [-0.3, -0.25) is 0 Å². The molecule has 17 heavy (non-hydrogen) atoms. The largest absolute Gasteiger partial charge is 0.0689 e. The monoisotopic (exact) mass is 220 g/mol. The van der Waals surface area contributed by atoms with Crippen molar-refractivity contribution in [2.45, 2.75) is 20.8 Å². The van der Waals surface area contributed by atoms with Gasteiger partial charge in [-0.15, -0.1) is 0 Å². The average Bonchev–Trinajstić information content (AvgIpc) is 2.69. The van der Waals surface area contributed by atoms with E-state index in [0.29, 0.717) is 0 Å². The molecule has 0 nitrogen and oxygen atoms in total. The minimum atomic E-state index is 1.34. The Kier molecular flexibility index (Phi) is 2.19. The second-order valence-electron chi connectivity index (χ2n) is 4.93. The Hall–Kier alpha value is -1.82. The number of rotatable bonds is 0. The maximum Gasteiger partial charge on any atom is -0.0102 e. The van der Waals surface area contributed by atoms with E-state index in [2.05, 4.69) is 63.2 Å². The SMILES string of the molecule is CC(C)=c1ccc2c(c1C)C=c1ccccc1=2. The van der Waals surface area contributed by atoms with Gasteiger partial charge in [0.05, 0.1) is 0 Å². The molecule has 0 aromatic heterocycles. The molecule has 0 N–H and O–H groups in total. The van der Waals surface area contributed by atoms with E-state index >= 15 is 0 Å². The Morgan fingerprint density at radius 3 is 2.41 bits per heavy atom. The third-order valence-electron chi connectivity index (χ3n) is 3.60. The summed E-state index contributed by atoms with van der Waals surface area (Å²) >= 11 is 0. The van der Waals surface area contributed by atoms with Gasteiger partial charge in [-0.2, -0.15) is 0 Å². The van der Waals surface area contributed by atoms with E-state index in [9.17, 15) is 0 Å². The first-order valence-electron chi connectivity index (χ1n) is 6.07. The van der Waals surface area contributed by atoms with Crippen LogP contribution in [0.2, 0.25) is 0 Å². The number of fused-ring (bicyclic) bond motifs is 2. The molecule has 0 radical (unpaired) electrons. The Balaban J connectivity index is 2.59. The summed E-state index contributed by atoms with van der Waals surface area (Å²) in [7, 11) is 0. The molecule has 1 aliphatic carbocycles. The smallest absolute Gasteiger partial charge is 0.0102 e. The van der Waals surface area contributed by atoms with Gasteiger partial charge < -0.3 is 0 Å². The van der Waals surface area contributed by atoms with Crippen molar-refractivity contribution < 1.29 is 0 Å². The van der Waals surface area contributed by atoms with Gasteiger partial charge in [0, 0.05) is 0 Å². The van der Waals surface area contributed by atoms with Crippen molar-refractivity contribution >= 4 is 11.6 Å². The molecular formula is C17H16. The molecule has 0 atom stereocenters. The maximum atomic E-state index is 2.31. The summed E-state index contributed by atoms with van der Waals surface area (Å²) in [6, 6.07) is 13.1. The molecule has 2 aromatic rings. The zero-order chi connectivity index (χ0) is 12.0. The highest BCUT2D eigenvalue weighted by atomic mass is 14.1. The quantitative estimate of drug-likeness (QED) is 0.546. The lowest BCUT2D eigenvalue weighted by atomic mass is 10.0. The van der Waals surface area contributed by atoms with Gasteiger partial charge in [-0.1, -0.05) is 42.0 Å². The van der Waals surface area contributed by atoms with Crippen LogP contribution in [0.15, 0.2) is 36.4 Å². The molecule has 84 valence electrons. The molecule has 1 aliphatic rings. The first kappa shape index (κ1) is 10.3. The fourth-order valence-corrected chi connectivity index (χ4v) is 2.71. The van der Waals surface area contributed by atoms with Crippen LogP contribution < -0.4 is 10.4 Å². The van der Waals surface area contributed by atoms with E-state index in [4.69, 9.17) is 0 Å². The Morgan fingerprint density at radius 2 is 1.65 bits per heavy atom. The van der Waals surface area contributed by atoms with Gasteiger partial charge in [-0.05, 0) is 58.8 Å². The van der Waals surface area contributed by atoms with E-state index in [1.165, 1.54) is 37.6 Å². The van der Waals surface area contributed by atoms with Crippen molar-refractivity contribution in [3.8, 4) is 0 Å². The summed E-state index contributed by atoms with van der Waals surface area (Å²) in [5.74, 6) is 0. The molecule has 0 heteroatoms. The molecule has 0 spiro atoms. The van der Waals surface area contributed by atoms with Crippen LogP contribution in [0, 0.1) is 17.4 Å². The van der Waals surface area contributed by atoms with Crippen LogP contribution in [0.1, 0.15) is 25.0 Å². The summed E-state index contributed by atoms with van der Waals surface area (Å²) in [5.41, 5.74) is 4.18. The first-order valence-corrected chi connectivity index (χ1v) is 6.07. The van der Waals surface area contributed by atoms with E-state index in [0.717, 1.165) is 0 Å². The van der Waals surface area contributed by atoms with Crippen LogP contribution >= 0.6 is 0 Å². The zero-order valence-corrected chi connectivity index (χ0v) is 10.5. The number of hydrogen-bond donors (Lipinski definition) is 0. The number of benzene rings is 2. The van der Waals surface area contributed by atoms with Crippen LogP contribution in [0.25, 0.3) is 11.6 Å². The summed E-state index contributed by atoms with van der Waals surface area (Å²) < 4.78 is 0. The molecule has 0 saturated carbocycles. The van der Waals surface area contributed by atoms with Crippen molar-refractivity contribution in [2.24, 2.45) is 0 Å². The zero-order valence-electron chi connectivity index (χ0n) is 10.5. The fraction of sp³-hybridized carbons (Fsp3) is 0.176. The Labute approximate surface area is 101 Å². The van der Waals surface area contributed by atoms with Crippen LogP contribution in [-0.4, -0.2) is 0 Å². The van der Waals surface area contributed by atoms with Crippen LogP contribution in [0.5, 0.6) is 0 Å². The highest BCUT2D eigenvalue weighted by Crippen LogP contribution is 2.12. The second kappa shape index (κ2) is 3.59. The lowest BCUT2D eigenvalue weighted by Gasteiger charge is -2.02. The van der Waals surface area contributed by atoms with Crippen LogP contribution in [0.3, 0.4) is 0 Å². The third-order valence-corrected chi connectivity index (χ3v) is 3.60. The van der Waals surface area contributed by atoms with Gasteiger partial charge in [0.25, 0.3) is 0 Å². The standard InChI is InChI=1S/C17H16/c1-11(2)14-8-9-16-15-7-5-4-6-13(15)10-17(16)12(14)3/h4-10H,1-3H3. The molecule has 2 aromatic carbocycles. The molecule has 0 fully saturated rings. The molecule has 0 bridgehead atoms.